The first kappa shape index (κ1) is 15.6. The second kappa shape index (κ2) is 6.55. The van der Waals surface area contributed by atoms with E-state index >= 15 is 0 Å². The predicted molar refractivity (Wildman–Crippen MR) is 91.8 cm³/mol. The maximum absolute atomic E-state index is 11.8. The highest BCUT2D eigenvalue weighted by molar-refractivity contribution is 6.01. The topological polar surface area (TPSA) is 52.7 Å². The Morgan fingerprint density at radius 1 is 1.08 bits per heavy atom. The fourth-order valence-corrected chi connectivity index (χ4v) is 4.69. The molecule has 2 atom stereocenters. The van der Waals surface area contributed by atoms with Gasteiger partial charge in [0.25, 0.3) is 0 Å². The Bertz CT molecular complexity index is 629. The minimum atomic E-state index is -0.237. The van der Waals surface area contributed by atoms with Crippen LogP contribution in [0, 0.1) is 0 Å². The number of nitrogens with zero attached hydrogens (tertiary/aromatic N) is 2. The highest BCUT2D eigenvalue weighted by Gasteiger charge is 2.36. The fraction of sp³-hybridized carbons (Fsp3) is 0.579. The van der Waals surface area contributed by atoms with Crippen LogP contribution in [0.15, 0.2) is 24.3 Å². The summed E-state index contributed by atoms with van der Waals surface area (Å²) in [5.41, 5.74) is 3.03. The van der Waals surface area contributed by atoms with Crippen LogP contribution in [0.5, 0.6) is 0 Å². The molecule has 2 unspecified atom stereocenters. The Hall–Kier alpha value is -1.88. The molecule has 0 saturated carbocycles. The van der Waals surface area contributed by atoms with Crippen molar-refractivity contribution in [2.24, 2.45) is 0 Å². The summed E-state index contributed by atoms with van der Waals surface area (Å²) < 4.78 is 0. The van der Waals surface area contributed by atoms with Crippen molar-refractivity contribution < 1.29 is 9.59 Å². The van der Waals surface area contributed by atoms with Gasteiger partial charge in [0, 0.05) is 19.1 Å². The van der Waals surface area contributed by atoms with Gasteiger partial charge >= 0.3 is 6.03 Å². The fourth-order valence-electron chi connectivity index (χ4n) is 4.69. The minimum Gasteiger partial charge on any atom is -0.329 e. The molecule has 5 heteroatoms. The van der Waals surface area contributed by atoms with E-state index in [2.05, 4.69) is 34.5 Å². The van der Waals surface area contributed by atoms with E-state index in [1.165, 1.54) is 48.1 Å². The first-order chi connectivity index (χ1) is 11.7. The van der Waals surface area contributed by atoms with E-state index in [-0.39, 0.29) is 18.5 Å². The third-order valence-corrected chi connectivity index (χ3v) is 5.84. The molecular weight excluding hydrogens is 302 g/mol. The van der Waals surface area contributed by atoms with Crippen molar-refractivity contribution in [1.29, 1.82) is 0 Å². The molecule has 0 spiro atoms. The number of rotatable bonds is 4. The lowest BCUT2D eigenvalue weighted by Crippen LogP contribution is -2.42. The van der Waals surface area contributed by atoms with Crippen molar-refractivity contribution in [3.05, 3.63) is 35.4 Å². The maximum Gasteiger partial charge on any atom is 0.324 e. The van der Waals surface area contributed by atoms with E-state index in [1.807, 2.05) is 0 Å². The number of carbonyl (C=O) groups excluding carboxylic acids is 2. The van der Waals surface area contributed by atoms with Gasteiger partial charge in [-0.25, -0.2) is 4.79 Å². The van der Waals surface area contributed by atoms with Gasteiger partial charge in [-0.05, 0) is 55.7 Å². The average Bonchev–Trinajstić information content (AvgIpc) is 3.19. The molecule has 5 nitrogen and oxygen atoms in total. The normalized spacial score (nSPS) is 27.4. The van der Waals surface area contributed by atoms with Crippen LogP contribution in [0.25, 0.3) is 0 Å². The number of benzene rings is 1. The van der Waals surface area contributed by atoms with Crippen LogP contribution < -0.4 is 5.32 Å². The molecule has 4 rings (SSSR count). The van der Waals surface area contributed by atoms with E-state index < -0.39 is 0 Å². The van der Waals surface area contributed by atoms with Gasteiger partial charge in [-0.15, -0.1) is 0 Å². The van der Waals surface area contributed by atoms with Crippen molar-refractivity contribution in [1.82, 2.24) is 15.1 Å². The zero-order valence-corrected chi connectivity index (χ0v) is 14.0. The quantitative estimate of drug-likeness (QED) is 0.862. The summed E-state index contributed by atoms with van der Waals surface area (Å²) in [6.07, 6.45) is 6.14. The molecule has 1 aromatic rings. The second-order valence-corrected chi connectivity index (χ2v) is 7.15. The van der Waals surface area contributed by atoms with Gasteiger partial charge in [0.1, 0.15) is 0 Å². The van der Waals surface area contributed by atoms with Crippen molar-refractivity contribution >= 4 is 11.9 Å². The van der Waals surface area contributed by atoms with Crippen molar-refractivity contribution in [3.63, 3.8) is 0 Å². The number of hydrogen-bond acceptors (Lipinski definition) is 3. The molecule has 0 bridgehead atoms. The molecule has 2 saturated heterocycles. The zero-order valence-electron chi connectivity index (χ0n) is 14.0. The Morgan fingerprint density at radius 2 is 1.96 bits per heavy atom. The second-order valence-electron chi connectivity index (χ2n) is 7.15. The van der Waals surface area contributed by atoms with Gasteiger partial charge in [-0.2, -0.15) is 0 Å². The summed E-state index contributed by atoms with van der Waals surface area (Å²) in [4.78, 5) is 27.3. The van der Waals surface area contributed by atoms with E-state index in [1.54, 1.807) is 0 Å². The van der Waals surface area contributed by atoms with Crippen molar-refractivity contribution in [2.45, 2.75) is 44.1 Å². The minimum absolute atomic E-state index is 0.0984. The first-order valence-electron chi connectivity index (χ1n) is 9.14. The van der Waals surface area contributed by atoms with Crippen molar-refractivity contribution in [3.8, 4) is 0 Å². The molecule has 24 heavy (non-hydrogen) atoms. The van der Waals surface area contributed by atoms with Gasteiger partial charge in [0.15, 0.2) is 0 Å². The monoisotopic (exact) mass is 327 g/mol. The number of imide groups is 1. The number of fused-ring (bicyclic) bond motifs is 1. The van der Waals surface area contributed by atoms with E-state index in [0.29, 0.717) is 18.5 Å². The van der Waals surface area contributed by atoms with Gasteiger partial charge in [0.05, 0.1) is 6.54 Å². The van der Waals surface area contributed by atoms with Crippen LogP contribution in [0.2, 0.25) is 0 Å². The number of urea groups is 1. The lowest BCUT2D eigenvalue weighted by atomic mass is 9.78. The first-order valence-corrected chi connectivity index (χ1v) is 9.14. The van der Waals surface area contributed by atoms with E-state index in [4.69, 9.17) is 0 Å². The van der Waals surface area contributed by atoms with Crippen LogP contribution in [0.4, 0.5) is 4.79 Å². The molecule has 2 heterocycles. The number of aryl methyl sites for hydroxylation is 1. The van der Waals surface area contributed by atoms with Crippen LogP contribution in [0.3, 0.4) is 0 Å². The molecule has 2 fully saturated rings. The van der Waals surface area contributed by atoms with Crippen LogP contribution in [0.1, 0.15) is 42.7 Å². The number of amides is 3. The van der Waals surface area contributed by atoms with Crippen LogP contribution >= 0.6 is 0 Å². The molecule has 3 aliphatic rings. The number of hydrogen-bond donors (Lipinski definition) is 1. The lowest BCUT2D eigenvalue weighted by Gasteiger charge is -2.36. The summed E-state index contributed by atoms with van der Waals surface area (Å²) in [5, 5.41) is 2.60. The molecule has 2 aliphatic heterocycles. The molecular formula is C19H25N3O2. The van der Waals surface area contributed by atoms with E-state index in [0.717, 1.165) is 13.1 Å². The average molecular weight is 327 g/mol. The number of carbonyl (C=O) groups is 2. The summed E-state index contributed by atoms with van der Waals surface area (Å²) in [6, 6.07) is 9.18. The van der Waals surface area contributed by atoms with E-state index in [9.17, 15) is 9.59 Å². The third kappa shape index (κ3) is 2.81. The van der Waals surface area contributed by atoms with Gasteiger partial charge in [0.2, 0.25) is 5.91 Å². The molecule has 0 radical (unpaired) electrons. The third-order valence-electron chi connectivity index (χ3n) is 5.84. The molecule has 1 N–H and O–H groups in total. The summed E-state index contributed by atoms with van der Waals surface area (Å²) >= 11 is 0. The van der Waals surface area contributed by atoms with Crippen molar-refractivity contribution in [2.75, 3.05) is 26.2 Å². The molecule has 1 aromatic carbocycles. The van der Waals surface area contributed by atoms with Crippen LogP contribution in [-0.4, -0.2) is 54.0 Å². The predicted octanol–water partition coefficient (Wildman–Crippen LogP) is 2.12. The highest BCUT2D eigenvalue weighted by Crippen LogP contribution is 2.39. The summed E-state index contributed by atoms with van der Waals surface area (Å²) in [6.45, 7) is 2.53. The smallest absolute Gasteiger partial charge is 0.324 e. The van der Waals surface area contributed by atoms with Gasteiger partial charge in [-0.1, -0.05) is 24.3 Å². The van der Waals surface area contributed by atoms with Gasteiger partial charge < -0.3 is 5.32 Å². The Kier molecular flexibility index (Phi) is 4.27. The van der Waals surface area contributed by atoms with Crippen LogP contribution in [-0.2, 0) is 11.2 Å². The number of likely N-dealkylation sites (tertiary alicyclic amines) is 1. The summed E-state index contributed by atoms with van der Waals surface area (Å²) in [7, 11) is 0. The zero-order chi connectivity index (χ0) is 16.5. The Labute approximate surface area is 143 Å². The van der Waals surface area contributed by atoms with Gasteiger partial charge in [-0.3, -0.25) is 14.6 Å². The highest BCUT2D eigenvalue weighted by atomic mass is 16.2. The Balaban J connectivity index is 1.46. The number of nitrogens with one attached hydrogen (secondary N) is 1. The molecule has 0 aromatic heterocycles. The standard InChI is InChI=1S/C19H25N3O2/c23-18-13-20-19(24)22(18)12-11-21-10-4-9-17(21)16-8-3-6-14-5-1-2-7-15(14)16/h1-2,5,7,16-17H,3-4,6,8-13H2,(H,20,24). The largest absolute Gasteiger partial charge is 0.329 e. The molecule has 3 amide bonds. The SMILES string of the molecule is O=C1CNC(=O)N1CCN1CCCC1C1CCCc2ccccc21. The lowest BCUT2D eigenvalue weighted by molar-refractivity contribution is -0.125. The molecule has 1 aliphatic carbocycles. The summed E-state index contributed by atoms with van der Waals surface area (Å²) in [5.74, 6) is 0.499. The Morgan fingerprint density at radius 3 is 2.79 bits per heavy atom. The molecule has 128 valence electrons. The maximum atomic E-state index is 11.8.